The van der Waals surface area contributed by atoms with Gasteiger partial charge in [0.2, 0.25) is 0 Å². The number of aliphatic hydroxyl groups excluding tert-OH is 1. The van der Waals surface area contributed by atoms with Crippen LogP contribution < -0.4 is 10.1 Å². The average Bonchev–Trinajstić information content (AvgIpc) is 2.66. The number of halogens is 1. The van der Waals surface area contributed by atoms with E-state index < -0.39 is 0 Å². The van der Waals surface area contributed by atoms with E-state index in [9.17, 15) is 0 Å². The maximum absolute atomic E-state index is 8.84. The number of hydrogen-bond donors (Lipinski definition) is 2. The summed E-state index contributed by atoms with van der Waals surface area (Å²) in [6.45, 7) is 1.19. The SMILES string of the molecule is COc1ccc2nc3cc(Cl)ccc3c(NCCCCCCCO)c2c1. The summed E-state index contributed by atoms with van der Waals surface area (Å²) in [4.78, 5) is 4.75. The Balaban J connectivity index is 1.86. The highest BCUT2D eigenvalue weighted by Gasteiger charge is 2.10. The first-order valence-electron chi connectivity index (χ1n) is 9.14. The van der Waals surface area contributed by atoms with E-state index in [4.69, 9.17) is 26.4 Å². The topological polar surface area (TPSA) is 54.4 Å². The average molecular weight is 373 g/mol. The summed E-state index contributed by atoms with van der Waals surface area (Å²) >= 11 is 6.16. The fourth-order valence-electron chi connectivity index (χ4n) is 3.19. The number of anilines is 1. The minimum absolute atomic E-state index is 0.289. The van der Waals surface area contributed by atoms with Crippen LogP contribution in [0.25, 0.3) is 21.8 Å². The molecule has 138 valence electrons. The molecular formula is C21H25ClN2O2. The fraction of sp³-hybridized carbons (Fsp3) is 0.381. The second-order valence-electron chi connectivity index (χ2n) is 6.45. The maximum Gasteiger partial charge on any atom is 0.119 e. The lowest BCUT2D eigenvalue weighted by Gasteiger charge is -2.14. The van der Waals surface area contributed by atoms with Gasteiger partial charge in [-0.3, -0.25) is 0 Å². The van der Waals surface area contributed by atoms with Crippen LogP contribution in [-0.4, -0.2) is 30.4 Å². The van der Waals surface area contributed by atoms with Crippen molar-refractivity contribution in [3.63, 3.8) is 0 Å². The first-order chi connectivity index (χ1) is 12.7. The van der Waals surface area contributed by atoms with Crippen molar-refractivity contribution in [2.45, 2.75) is 32.1 Å². The summed E-state index contributed by atoms with van der Waals surface area (Å²) in [6, 6.07) is 11.8. The Morgan fingerprint density at radius 2 is 1.77 bits per heavy atom. The van der Waals surface area contributed by atoms with E-state index in [0.29, 0.717) is 5.02 Å². The zero-order valence-corrected chi connectivity index (χ0v) is 15.9. The van der Waals surface area contributed by atoms with Crippen molar-refractivity contribution < 1.29 is 9.84 Å². The Kier molecular flexibility index (Phi) is 6.53. The number of methoxy groups -OCH3 is 1. The van der Waals surface area contributed by atoms with E-state index in [2.05, 4.69) is 5.32 Å². The lowest BCUT2D eigenvalue weighted by atomic mass is 10.1. The van der Waals surface area contributed by atoms with Crippen LogP contribution in [0.1, 0.15) is 32.1 Å². The second kappa shape index (κ2) is 9.06. The molecule has 3 rings (SSSR count). The smallest absolute Gasteiger partial charge is 0.119 e. The van der Waals surface area contributed by atoms with Crippen molar-refractivity contribution in [2.24, 2.45) is 0 Å². The van der Waals surface area contributed by atoms with E-state index in [1.165, 1.54) is 0 Å². The van der Waals surface area contributed by atoms with Gasteiger partial charge in [-0.1, -0.05) is 30.9 Å². The van der Waals surface area contributed by atoms with Crippen LogP contribution in [0.15, 0.2) is 36.4 Å². The molecule has 0 spiro atoms. The number of nitrogens with zero attached hydrogens (tertiary/aromatic N) is 1. The molecular weight excluding hydrogens is 348 g/mol. The molecule has 0 saturated carbocycles. The molecule has 1 heterocycles. The molecule has 0 radical (unpaired) electrons. The second-order valence-corrected chi connectivity index (χ2v) is 6.89. The number of nitrogens with one attached hydrogen (secondary N) is 1. The Morgan fingerprint density at radius 3 is 2.58 bits per heavy atom. The molecule has 2 aromatic carbocycles. The first kappa shape index (κ1) is 18.7. The molecule has 0 bridgehead atoms. The van der Waals surface area contributed by atoms with Crippen molar-refractivity contribution in [1.29, 1.82) is 0 Å². The van der Waals surface area contributed by atoms with Gasteiger partial charge in [-0.2, -0.15) is 0 Å². The fourth-order valence-corrected chi connectivity index (χ4v) is 3.36. The van der Waals surface area contributed by atoms with Crippen LogP contribution >= 0.6 is 11.6 Å². The van der Waals surface area contributed by atoms with E-state index in [1.54, 1.807) is 7.11 Å². The minimum atomic E-state index is 0.289. The van der Waals surface area contributed by atoms with Crippen LogP contribution in [0.4, 0.5) is 5.69 Å². The molecule has 1 aromatic heterocycles. The van der Waals surface area contributed by atoms with Gasteiger partial charge in [-0.25, -0.2) is 4.98 Å². The molecule has 5 heteroatoms. The summed E-state index contributed by atoms with van der Waals surface area (Å²) in [5, 5.41) is 15.3. The van der Waals surface area contributed by atoms with Crippen molar-refractivity contribution in [3.05, 3.63) is 41.4 Å². The third-order valence-electron chi connectivity index (χ3n) is 4.58. The number of fused-ring (bicyclic) bond motifs is 2. The van der Waals surface area contributed by atoms with Gasteiger partial charge in [0.1, 0.15) is 5.75 Å². The lowest BCUT2D eigenvalue weighted by molar-refractivity contribution is 0.282. The number of rotatable bonds is 9. The van der Waals surface area contributed by atoms with Crippen LogP contribution in [0.5, 0.6) is 5.75 Å². The number of pyridine rings is 1. The number of hydrogen-bond acceptors (Lipinski definition) is 4. The molecule has 0 fully saturated rings. The summed E-state index contributed by atoms with van der Waals surface area (Å²) in [5.41, 5.74) is 2.89. The molecule has 26 heavy (non-hydrogen) atoms. The third-order valence-corrected chi connectivity index (χ3v) is 4.81. The standard InChI is InChI=1S/C21H25ClN2O2/c1-26-16-8-10-19-18(14-16)21(23-11-5-3-2-4-6-12-25)17-9-7-15(22)13-20(17)24-19/h7-10,13-14,25H,2-6,11-12H2,1H3,(H,23,24). The Hall–Kier alpha value is -2.04. The normalized spacial score (nSPS) is 11.2. The van der Waals surface area contributed by atoms with E-state index in [0.717, 1.165) is 71.9 Å². The number of ether oxygens (including phenoxy) is 1. The minimum Gasteiger partial charge on any atom is -0.497 e. The molecule has 3 aromatic rings. The quantitative estimate of drug-likeness (QED) is 0.389. The Morgan fingerprint density at radius 1 is 0.962 bits per heavy atom. The predicted octanol–water partition coefficient (Wildman–Crippen LogP) is 5.40. The molecule has 0 amide bonds. The van der Waals surface area contributed by atoms with Crippen molar-refractivity contribution in [2.75, 3.05) is 25.6 Å². The summed E-state index contributed by atoms with van der Waals surface area (Å²) in [7, 11) is 1.68. The van der Waals surface area contributed by atoms with Crippen molar-refractivity contribution in [1.82, 2.24) is 4.98 Å². The highest BCUT2D eigenvalue weighted by atomic mass is 35.5. The third kappa shape index (κ3) is 4.37. The van der Waals surface area contributed by atoms with Gasteiger partial charge in [-0.15, -0.1) is 0 Å². The van der Waals surface area contributed by atoms with Crippen LogP contribution in [-0.2, 0) is 0 Å². The molecule has 0 aliphatic rings. The summed E-state index contributed by atoms with van der Waals surface area (Å²) in [5.74, 6) is 0.819. The lowest BCUT2D eigenvalue weighted by Crippen LogP contribution is -2.04. The summed E-state index contributed by atoms with van der Waals surface area (Å²) in [6.07, 6.45) is 5.39. The number of aromatic nitrogens is 1. The molecule has 4 nitrogen and oxygen atoms in total. The number of benzene rings is 2. The molecule has 0 saturated heterocycles. The Bertz CT molecular complexity index is 883. The molecule has 0 aliphatic carbocycles. The molecule has 2 N–H and O–H groups in total. The highest BCUT2D eigenvalue weighted by molar-refractivity contribution is 6.31. The largest absolute Gasteiger partial charge is 0.497 e. The van der Waals surface area contributed by atoms with Crippen molar-refractivity contribution in [3.8, 4) is 5.75 Å². The van der Waals surface area contributed by atoms with E-state index >= 15 is 0 Å². The van der Waals surface area contributed by atoms with Gasteiger partial charge in [0.05, 0.1) is 23.8 Å². The van der Waals surface area contributed by atoms with Crippen LogP contribution in [0, 0.1) is 0 Å². The summed E-state index contributed by atoms with van der Waals surface area (Å²) < 4.78 is 5.39. The zero-order chi connectivity index (χ0) is 18.4. The van der Waals surface area contributed by atoms with Crippen LogP contribution in [0.2, 0.25) is 5.02 Å². The highest BCUT2D eigenvalue weighted by Crippen LogP contribution is 2.34. The Labute approximate surface area is 159 Å². The maximum atomic E-state index is 8.84. The number of aliphatic hydroxyl groups is 1. The van der Waals surface area contributed by atoms with E-state index in [1.807, 2.05) is 36.4 Å². The van der Waals surface area contributed by atoms with Crippen LogP contribution in [0.3, 0.4) is 0 Å². The zero-order valence-electron chi connectivity index (χ0n) is 15.1. The molecule has 0 aliphatic heterocycles. The van der Waals surface area contributed by atoms with Gasteiger partial charge in [0, 0.05) is 28.9 Å². The van der Waals surface area contributed by atoms with Gasteiger partial charge in [0.15, 0.2) is 0 Å². The molecule has 0 unspecified atom stereocenters. The monoisotopic (exact) mass is 372 g/mol. The van der Waals surface area contributed by atoms with Gasteiger partial charge in [0.25, 0.3) is 0 Å². The number of unbranched alkanes of at least 4 members (excludes halogenated alkanes) is 4. The van der Waals surface area contributed by atoms with Gasteiger partial charge < -0.3 is 15.2 Å². The van der Waals surface area contributed by atoms with Gasteiger partial charge in [-0.05, 0) is 49.2 Å². The van der Waals surface area contributed by atoms with E-state index in [-0.39, 0.29) is 6.61 Å². The van der Waals surface area contributed by atoms with Gasteiger partial charge >= 0.3 is 0 Å². The predicted molar refractivity (Wildman–Crippen MR) is 109 cm³/mol. The first-order valence-corrected chi connectivity index (χ1v) is 9.52. The van der Waals surface area contributed by atoms with Crippen molar-refractivity contribution >= 4 is 39.1 Å². The molecule has 0 atom stereocenters.